The molecule has 0 radical (unpaired) electrons. The summed E-state index contributed by atoms with van der Waals surface area (Å²) in [5.74, 6) is 0.639. The molecule has 0 spiro atoms. The highest BCUT2D eigenvalue weighted by Gasteiger charge is 2.12. The fourth-order valence-electron chi connectivity index (χ4n) is 1.55. The summed E-state index contributed by atoms with van der Waals surface area (Å²) in [5.41, 5.74) is 0.941. The van der Waals surface area contributed by atoms with Crippen LogP contribution in [0.25, 0.3) is 0 Å². The van der Waals surface area contributed by atoms with Crippen LogP contribution in [0.2, 0.25) is 0 Å². The van der Waals surface area contributed by atoms with Gasteiger partial charge in [-0.3, -0.25) is 0 Å². The zero-order valence-electron chi connectivity index (χ0n) is 11.3. The largest absolute Gasteiger partial charge is 0.462 e. The molecule has 0 amide bonds. The molecule has 0 aliphatic carbocycles. The Balaban J connectivity index is 1.93. The Labute approximate surface area is 115 Å². The molecule has 2 heterocycles. The van der Waals surface area contributed by atoms with Crippen molar-refractivity contribution in [3.63, 3.8) is 0 Å². The summed E-state index contributed by atoms with van der Waals surface area (Å²) in [4.78, 5) is 23.8. The van der Waals surface area contributed by atoms with Crippen LogP contribution in [0.1, 0.15) is 28.8 Å². The quantitative estimate of drug-likeness (QED) is 0.780. The Morgan fingerprint density at radius 3 is 2.95 bits per heavy atom. The summed E-state index contributed by atoms with van der Waals surface area (Å²) in [5, 5.41) is 6.72. The number of aryl methyl sites for hydroxylation is 1. The van der Waals surface area contributed by atoms with Gasteiger partial charge in [-0.2, -0.15) is 4.98 Å². The smallest absolute Gasteiger partial charge is 0.341 e. The molecule has 2 aromatic heterocycles. The van der Waals surface area contributed by atoms with Gasteiger partial charge in [-0.25, -0.2) is 14.8 Å². The Bertz CT molecular complexity index is 570. The maximum atomic E-state index is 11.6. The number of carbonyl (C=O) groups is 1. The summed E-state index contributed by atoms with van der Waals surface area (Å²) in [6.45, 7) is 4.38. The van der Waals surface area contributed by atoms with Crippen LogP contribution in [-0.2, 0) is 11.2 Å². The van der Waals surface area contributed by atoms with E-state index in [0.29, 0.717) is 42.6 Å². The van der Waals surface area contributed by atoms with Gasteiger partial charge < -0.3 is 14.6 Å². The van der Waals surface area contributed by atoms with Crippen LogP contribution in [0.5, 0.6) is 0 Å². The highest BCUT2D eigenvalue weighted by molar-refractivity contribution is 5.90. The van der Waals surface area contributed by atoms with Crippen molar-refractivity contribution in [2.75, 3.05) is 18.5 Å². The summed E-state index contributed by atoms with van der Waals surface area (Å²) in [6, 6.07) is 0. The molecule has 2 aromatic rings. The Morgan fingerprint density at radius 2 is 2.30 bits per heavy atom. The average Bonchev–Trinajstić information content (AvgIpc) is 2.92. The van der Waals surface area contributed by atoms with Crippen molar-refractivity contribution in [2.45, 2.75) is 20.3 Å². The Morgan fingerprint density at radius 1 is 1.45 bits per heavy atom. The lowest BCUT2D eigenvalue weighted by Crippen LogP contribution is -2.13. The Hall–Kier alpha value is -2.51. The molecule has 0 bridgehead atoms. The average molecular weight is 277 g/mol. The van der Waals surface area contributed by atoms with E-state index in [2.05, 4.69) is 29.9 Å². The first-order valence-electron chi connectivity index (χ1n) is 6.20. The van der Waals surface area contributed by atoms with Gasteiger partial charge in [0.25, 0.3) is 0 Å². The SMILES string of the molecule is CCOC(=O)c1cnc(NCCc2ncon2)nc1C. The van der Waals surface area contributed by atoms with Crippen LogP contribution < -0.4 is 5.32 Å². The maximum absolute atomic E-state index is 11.6. The highest BCUT2D eigenvalue weighted by Crippen LogP contribution is 2.08. The number of aromatic nitrogens is 4. The van der Waals surface area contributed by atoms with Crippen molar-refractivity contribution in [3.05, 3.63) is 29.7 Å². The molecule has 0 aliphatic heterocycles. The van der Waals surface area contributed by atoms with E-state index in [1.807, 2.05) is 0 Å². The Kier molecular flexibility index (Phi) is 4.59. The number of nitrogens with zero attached hydrogens (tertiary/aromatic N) is 4. The number of ether oxygens (including phenoxy) is 1. The lowest BCUT2D eigenvalue weighted by molar-refractivity contribution is 0.0524. The molecule has 106 valence electrons. The van der Waals surface area contributed by atoms with Crippen molar-refractivity contribution in [1.29, 1.82) is 0 Å². The van der Waals surface area contributed by atoms with E-state index in [-0.39, 0.29) is 0 Å². The zero-order valence-corrected chi connectivity index (χ0v) is 11.3. The standard InChI is InChI=1S/C12H15N5O3/c1-3-19-11(18)9-6-14-12(16-8(9)2)13-5-4-10-15-7-20-17-10/h6-7H,3-5H2,1-2H3,(H,13,14,16). The first-order chi connectivity index (χ1) is 9.70. The molecule has 20 heavy (non-hydrogen) atoms. The van der Waals surface area contributed by atoms with Crippen LogP contribution in [0.3, 0.4) is 0 Å². The van der Waals surface area contributed by atoms with Gasteiger partial charge in [0.15, 0.2) is 5.82 Å². The summed E-state index contributed by atoms with van der Waals surface area (Å²) >= 11 is 0. The predicted octanol–water partition coefficient (Wildman–Crippen LogP) is 0.999. The maximum Gasteiger partial charge on any atom is 0.341 e. The molecule has 0 unspecified atom stereocenters. The van der Waals surface area contributed by atoms with Crippen LogP contribution >= 0.6 is 0 Å². The van der Waals surface area contributed by atoms with Crippen LogP contribution in [0.4, 0.5) is 5.95 Å². The molecule has 0 saturated carbocycles. The van der Waals surface area contributed by atoms with Gasteiger partial charge in [0.2, 0.25) is 12.3 Å². The molecular formula is C12H15N5O3. The molecule has 0 atom stereocenters. The van der Waals surface area contributed by atoms with E-state index in [1.165, 1.54) is 12.6 Å². The first kappa shape index (κ1) is 13.9. The molecule has 0 aromatic carbocycles. The number of nitrogens with one attached hydrogen (secondary N) is 1. The normalized spacial score (nSPS) is 10.3. The van der Waals surface area contributed by atoms with Gasteiger partial charge in [0.05, 0.1) is 17.9 Å². The van der Waals surface area contributed by atoms with Crippen molar-refractivity contribution in [1.82, 2.24) is 20.1 Å². The second-order valence-electron chi connectivity index (χ2n) is 3.94. The molecule has 8 nitrogen and oxygen atoms in total. The molecular weight excluding hydrogens is 262 g/mol. The molecule has 0 aliphatic rings. The van der Waals surface area contributed by atoms with E-state index < -0.39 is 5.97 Å². The van der Waals surface area contributed by atoms with Crippen molar-refractivity contribution in [2.24, 2.45) is 0 Å². The minimum absolute atomic E-state index is 0.322. The van der Waals surface area contributed by atoms with Gasteiger partial charge in [-0.1, -0.05) is 5.16 Å². The number of esters is 1. The van der Waals surface area contributed by atoms with E-state index >= 15 is 0 Å². The lowest BCUT2D eigenvalue weighted by Gasteiger charge is -2.07. The van der Waals surface area contributed by atoms with E-state index in [9.17, 15) is 4.79 Å². The summed E-state index contributed by atoms with van der Waals surface area (Å²) < 4.78 is 9.54. The van der Waals surface area contributed by atoms with E-state index in [0.717, 1.165) is 0 Å². The van der Waals surface area contributed by atoms with Gasteiger partial charge in [0, 0.05) is 19.2 Å². The fraction of sp³-hybridized carbons (Fsp3) is 0.417. The van der Waals surface area contributed by atoms with Crippen molar-refractivity contribution in [3.8, 4) is 0 Å². The van der Waals surface area contributed by atoms with Gasteiger partial charge in [-0.15, -0.1) is 0 Å². The van der Waals surface area contributed by atoms with Gasteiger partial charge >= 0.3 is 5.97 Å². The first-order valence-corrected chi connectivity index (χ1v) is 6.20. The molecule has 0 saturated heterocycles. The topological polar surface area (TPSA) is 103 Å². The number of anilines is 1. The summed E-state index contributed by atoms with van der Waals surface area (Å²) in [6.07, 6.45) is 3.33. The second-order valence-corrected chi connectivity index (χ2v) is 3.94. The van der Waals surface area contributed by atoms with Gasteiger partial charge in [0.1, 0.15) is 0 Å². The molecule has 1 N–H and O–H groups in total. The lowest BCUT2D eigenvalue weighted by atomic mass is 10.2. The minimum atomic E-state index is -0.414. The molecule has 0 fully saturated rings. The van der Waals surface area contributed by atoms with E-state index in [1.54, 1.807) is 13.8 Å². The van der Waals surface area contributed by atoms with Crippen molar-refractivity contribution >= 4 is 11.9 Å². The zero-order chi connectivity index (χ0) is 14.4. The highest BCUT2D eigenvalue weighted by atomic mass is 16.5. The second kappa shape index (κ2) is 6.60. The van der Waals surface area contributed by atoms with Gasteiger partial charge in [-0.05, 0) is 13.8 Å². The van der Waals surface area contributed by atoms with Crippen LogP contribution in [0, 0.1) is 6.92 Å². The minimum Gasteiger partial charge on any atom is -0.462 e. The molecule has 8 heteroatoms. The number of hydrogen-bond acceptors (Lipinski definition) is 8. The third kappa shape index (κ3) is 3.50. The predicted molar refractivity (Wildman–Crippen MR) is 69.2 cm³/mol. The van der Waals surface area contributed by atoms with Crippen LogP contribution in [0.15, 0.2) is 17.1 Å². The third-order valence-corrected chi connectivity index (χ3v) is 2.51. The number of rotatable bonds is 6. The van der Waals surface area contributed by atoms with Crippen LogP contribution in [-0.4, -0.2) is 39.2 Å². The number of hydrogen-bond donors (Lipinski definition) is 1. The fourth-order valence-corrected chi connectivity index (χ4v) is 1.55. The van der Waals surface area contributed by atoms with Crippen molar-refractivity contribution < 1.29 is 14.1 Å². The monoisotopic (exact) mass is 277 g/mol. The third-order valence-electron chi connectivity index (χ3n) is 2.51. The number of carbonyl (C=O) groups excluding carboxylic acids is 1. The molecule has 2 rings (SSSR count). The summed E-state index contributed by atoms with van der Waals surface area (Å²) in [7, 11) is 0. The van der Waals surface area contributed by atoms with E-state index in [4.69, 9.17) is 4.74 Å².